The van der Waals surface area contributed by atoms with Crippen molar-refractivity contribution in [3.8, 4) is 0 Å². The van der Waals surface area contributed by atoms with Gasteiger partial charge < -0.3 is 15.4 Å². The molecule has 0 rings (SSSR count). The average molecular weight is 284 g/mol. The zero-order valence-electron chi connectivity index (χ0n) is 13.7. The molecule has 0 atom stereocenters. The first kappa shape index (κ1) is 18.5. The van der Waals surface area contributed by atoms with Crippen molar-refractivity contribution in [3.63, 3.8) is 0 Å². The fourth-order valence-electron chi connectivity index (χ4n) is 1.46. The summed E-state index contributed by atoms with van der Waals surface area (Å²) in [4.78, 5) is 23.5. The van der Waals surface area contributed by atoms with Crippen LogP contribution >= 0.6 is 0 Å². The van der Waals surface area contributed by atoms with E-state index < -0.39 is 17.2 Å². The molecule has 0 aliphatic heterocycles. The van der Waals surface area contributed by atoms with Gasteiger partial charge >= 0.3 is 6.09 Å². The highest BCUT2D eigenvalue weighted by molar-refractivity contribution is 5.93. The molecule has 0 saturated heterocycles. The number of alkyl carbamates (subject to hydrolysis) is 1. The Hall–Kier alpha value is -1.52. The highest BCUT2D eigenvalue weighted by Gasteiger charge is 2.23. The fraction of sp³-hybridized carbons (Fsp3) is 0.733. The number of hydrogen-bond acceptors (Lipinski definition) is 3. The Morgan fingerprint density at radius 3 is 2.15 bits per heavy atom. The van der Waals surface area contributed by atoms with Crippen molar-refractivity contribution in [2.24, 2.45) is 0 Å². The minimum absolute atomic E-state index is 0.122. The SMILES string of the molecule is CCC=C(C)C(=O)NC(C)(C)CNC(=O)OC(C)(C)C. The second-order valence-electron chi connectivity index (χ2n) is 6.49. The largest absolute Gasteiger partial charge is 0.444 e. The van der Waals surface area contributed by atoms with E-state index in [1.54, 1.807) is 27.7 Å². The van der Waals surface area contributed by atoms with Crippen molar-refractivity contribution in [1.29, 1.82) is 0 Å². The summed E-state index contributed by atoms with van der Waals surface area (Å²) >= 11 is 0. The number of amides is 2. The molecule has 0 spiro atoms. The summed E-state index contributed by atoms with van der Waals surface area (Å²) < 4.78 is 5.15. The predicted octanol–water partition coefficient (Wildman–Crippen LogP) is 2.76. The lowest BCUT2D eigenvalue weighted by Gasteiger charge is -2.28. The van der Waals surface area contributed by atoms with Gasteiger partial charge in [0.1, 0.15) is 5.60 Å². The topological polar surface area (TPSA) is 67.4 Å². The maximum Gasteiger partial charge on any atom is 0.407 e. The molecule has 0 aliphatic carbocycles. The van der Waals surface area contributed by atoms with Crippen LogP contribution in [-0.2, 0) is 9.53 Å². The predicted molar refractivity (Wildman–Crippen MR) is 80.5 cm³/mol. The Morgan fingerprint density at radius 2 is 1.70 bits per heavy atom. The van der Waals surface area contributed by atoms with Gasteiger partial charge in [0.05, 0.1) is 5.54 Å². The van der Waals surface area contributed by atoms with Crippen molar-refractivity contribution in [3.05, 3.63) is 11.6 Å². The Bertz CT molecular complexity index is 379. The molecule has 0 aromatic rings. The molecule has 0 bridgehead atoms. The summed E-state index contributed by atoms with van der Waals surface area (Å²) in [5.41, 5.74) is -0.396. The van der Waals surface area contributed by atoms with E-state index in [1.807, 2.05) is 26.8 Å². The van der Waals surface area contributed by atoms with Crippen LogP contribution < -0.4 is 10.6 Å². The summed E-state index contributed by atoms with van der Waals surface area (Å²) in [6.45, 7) is 13.2. The van der Waals surface area contributed by atoms with Crippen molar-refractivity contribution >= 4 is 12.0 Å². The zero-order valence-corrected chi connectivity index (χ0v) is 13.7. The zero-order chi connectivity index (χ0) is 16.0. The van der Waals surface area contributed by atoms with Crippen molar-refractivity contribution < 1.29 is 14.3 Å². The van der Waals surface area contributed by atoms with E-state index in [0.717, 1.165) is 6.42 Å². The number of carbonyl (C=O) groups excluding carboxylic acids is 2. The molecular weight excluding hydrogens is 256 g/mol. The second kappa shape index (κ2) is 7.31. The van der Waals surface area contributed by atoms with Gasteiger partial charge in [-0.1, -0.05) is 13.0 Å². The van der Waals surface area contributed by atoms with Crippen LogP contribution in [0.2, 0.25) is 0 Å². The maximum absolute atomic E-state index is 11.9. The molecule has 0 aromatic carbocycles. The van der Waals surface area contributed by atoms with E-state index in [4.69, 9.17) is 4.74 Å². The van der Waals surface area contributed by atoms with Crippen molar-refractivity contribution in [1.82, 2.24) is 10.6 Å². The third-order valence-corrected chi connectivity index (χ3v) is 2.39. The third kappa shape index (κ3) is 8.56. The summed E-state index contributed by atoms with van der Waals surface area (Å²) in [7, 11) is 0. The van der Waals surface area contributed by atoms with Gasteiger partial charge in [0.25, 0.3) is 0 Å². The molecule has 0 aromatic heterocycles. The highest BCUT2D eigenvalue weighted by atomic mass is 16.6. The van der Waals surface area contributed by atoms with Gasteiger partial charge in [-0.2, -0.15) is 0 Å². The van der Waals surface area contributed by atoms with Gasteiger partial charge in [0.15, 0.2) is 0 Å². The lowest BCUT2D eigenvalue weighted by Crippen LogP contribution is -2.52. The van der Waals surface area contributed by atoms with Crippen LogP contribution in [0.3, 0.4) is 0 Å². The minimum Gasteiger partial charge on any atom is -0.444 e. The minimum atomic E-state index is -0.545. The van der Waals surface area contributed by atoms with E-state index in [1.165, 1.54) is 0 Å². The number of nitrogens with one attached hydrogen (secondary N) is 2. The molecule has 0 unspecified atom stereocenters. The van der Waals surface area contributed by atoms with Crippen LogP contribution in [0.1, 0.15) is 54.9 Å². The molecular formula is C15H28N2O3. The van der Waals surface area contributed by atoms with E-state index in [2.05, 4.69) is 10.6 Å². The van der Waals surface area contributed by atoms with Crippen molar-refractivity contribution in [2.45, 2.75) is 66.0 Å². The maximum atomic E-state index is 11.9. The standard InChI is InChI=1S/C15H28N2O3/c1-8-9-11(2)12(18)17-15(6,7)10-16-13(19)20-14(3,4)5/h9H,8,10H2,1-7H3,(H,16,19)(H,17,18). The Balaban J connectivity index is 4.36. The summed E-state index contributed by atoms with van der Waals surface area (Å²) in [5, 5.41) is 5.54. The molecule has 5 heteroatoms. The highest BCUT2D eigenvalue weighted by Crippen LogP contribution is 2.08. The lowest BCUT2D eigenvalue weighted by atomic mass is 10.0. The van der Waals surface area contributed by atoms with Gasteiger partial charge in [-0.05, 0) is 48.0 Å². The quantitative estimate of drug-likeness (QED) is 0.763. The van der Waals surface area contributed by atoms with Gasteiger partial charge in [-0.25, -0.2) is 4.79 Å². The van der Waals surface area contributed by atoms with Crippen LogP contribution in [-0.4, -0.2) is 29.7 Å². The third-order valence-electron chi connectivity index (χ3n) is 2.39. The van der Waals surface area contributed by atoms with E-state index >= 15 is 0 Å². The molecule has 0 radical (unpaired) electrons. The molecule has 2 amide bonds. The summed E-state index contributed by atoms with van der Waals surface area (Å²) in [5.74, 6) is -0.122. The Kier molecular flexibility index (Phi) is 6.76. The van der Waals surface area contributed by atoms with Crippen LogP contribution in [0, 0.1) is 0 Å². The van der Waals surface area contributed by atoms with Gasteiger partial charge in [-0.3, -0.25) is 4.79 Å². The molecule has 116 valence electrons. The summed E-state index contributed by atoms with van der Waals surface area (Å²) in [6.07, 6.45) is 2.20. The van der Waals surface area contributed by atoms with Crippen LogP contribution in [0.15, 0.2) is 11.6 Å². The fourth-order valence-corrected chi connectivity index (χ4v) is 1.46. The second-order valence-corrected chi connectivity index (χ2v) is 6.49. The van der Waals surface area contributed by atoms with E-state index in [9.17, 15) is 9.59 Å². The number of ether oxygens (including phenoxy) is 1. The number of allylic oxidation sites excluding steroid dienone is 1. The number of carbonyl (C=O) groups is 2. The molecule has 0 aliphatic rings. The first-order valence-corrected chi connectivity index (χ1v) is 6.93. The van der Waals surface area contributed by atoms with Crippen molar-refractivity contribution in [2.75, 3.05) is 6.54 Å². The van der Waals surface area contributed by atoms with E-state index in [-0.39, 0.29) is 5.91 Å². The van der Waals surface area contributed by atoms with E-state index in [0.29, 0.717) is 12.1 Å². The number of rotatable bonds is 5. The molecule has 0 fully saturated rings. The van der Waals surface area contributed by atoms with Crippen LogP contribution in [0.5, 0.6) is 0 Å². The van der Waals surface area contributed by atoms with Gasteiger partial charge in [0.2, 0.25) is 5.91 Å². The first-order chi connectivity index (χ1) is 8.97. The molecule has 2 N–H and O–H groups in total. The van der Waals surface area contributed by atoms with Crippen LogP contribution in [0.4, 0.5) is 4.79 Å². The smallest absolute Gasteiger partial charge is 0.407 e. The van der Waals surface area contributed by atoms with Gasteiger partial charge in [0, 0.05) is 12.1 Å². The lowest BCUT2D eigenvalue weighted by molar-refractivity contribution is -0.119. The number of hydrogen-bond donors (Lipinski definition) is 2. The molecule has 0 heterocycles. The Morgan fingerprint density at radius 1 is 1.15 bits per heavy atom. The normalized spacial score (nSPS) is 12.8. The summed E-state index contributed by atoms with van der Waals surface area (Å²) in [6, 6.07) is 0. The Labute approximate surface area is 122 Å². The van der Waals surface area contributed by atoms with Crippen LogP contribution in [0.25, 0.3) is 0 Å². The molecule has 0 saturated carbocycles. The monoisotopic (exact) mass is 284 g/mol. The molecule has 5 nitrogen and oxygen atoms in total. The average Bonchev–Trinajstić information content (AvgIpc) is 2.24. The van der Waals surface area contributed by atoms with Gasteiger partial charge in [-0.15, -0.1) is 0 Å². The first-order valence-electron chi connectivity index (χ1n) is 6.93. The molecule has 20 heavy (non-hydrogen) atoms.